The Kier molecular flexibility index (Phi) is 1.88. The maximum Gasteiger partial charge on any atom is 0.0420 e. The van der Waals surface area contributed by atoms with Crippen LogP contribution in [0, 0.1) is 5.92 Å². The second-order valence-electron chi connectivity index (χ2n) is 2.26. The summed E-state index contributed by atoms with van der Waals surface area (Å²) in [6.07, 6.45) is 5.18. The molecule has 9 heavy (non-hydrogen) atoms. The summed E-state index contributed by atoms with van der Waals surface area (Å²) in [6, 6.07) is 0. The quantitative estimate of drug-likeness (QED) is 0.563. The summed E-state index contributed by atoms with van der Waals surface area (Å²) < 4.78 is 0. The van der Waals surface area contributed by atoms with E-state index in [1.807, 2.05) is 13.1 Å². The van der Waals surface area contributed by atoms with Crippen LogP contribution in [0.25, 0.3) is 0 Å². The molecule has 1 aliphatic heterocycles. The first-order chi connectivity index (χ1) is 4.34. The second-order valence-corrected chi connectivity index (χ2v) is 2.26. The Morgan fingerprint density at radius 3 is 3.00 bits per heavy atom. The van der Waals surface area contributed by atoms with Gasteiger partial charge in [-0.2, -0.15) is 5.10 Å². The lowest BCUT2D eigenvalue weighted by atomic mass is 10.0. The van der Waals surface area contributed by atoms with Gasteiger partial charge in [-0.15, -0.1) is 0 Å². The molecule has 2 heteroatoms. The molecule has 50 valence electrons. The zero-order chi connectivity index (χ0) is 6.69. The minimum atomic E-state index is 0.561. The molecule has 0 saturated carbocycles. The van der Waals surface area contributed by atoms with Crippen molar-refractivity contribution in [2.24, 2.45) is 11.0 Å². The predicted octanol–water partition coefficient (Wildman–Crippen LogP) is 1.51. The monoisotopic (exact) mass is 124 g/mol. The Morgan fingerprint density at radius 2 is 2.56 bits per heavy atom. The highest BCUT2D eigenvalue weighted by Crippen LogP contribution is 2.08. The average Bonchev–Trinajstić information content (AvgIpc) is 1.89. The van der Waals surface area contributed by atoms with E-state index in [0.717, 1.165) is 6.42 Å². The largest absolute Gasteiger partial charge is 0.286 e. The molecule has 0 bridgehead atoms. The van der Waals surface area contributed by atoms with Gasteiger partial charge in [-0.25, -0.2) is 0 Å². The van der Waals surface area contributed by atoms with Crippen molar-refractivity contribution in [3.8, 4) is 0 Å². The molecule has 1 unspecified atom stereocenters. The highest BCUT2D eigenvalue weighted by Gasteiger charge is 2.07. The number of allylic oxidation sites excluding steroid dienone is 1. The van der Waals surface area contributed by atoms with Crippen molar-refractivity contribution in [2.75, 3.05) is 0 Å². The molecule has 0 fully saturated rings. The van der Waals surface area contributed by atoms with Gasteiger partial charge < -0.3 is 0 Å². The van der Waals surface area contributed by atoms with E-state index in [4.69, 9.17) is 0 Å². The fraction of sp³-hybridized carbons (Fsp3) is 0.571. The second kappa shape index (κ2) is 2.67. The van der Waals surface area contributed by atoms with Crippen LogP contribution in [0.15, 0.2) is 17.4 Å². The molecule has 0 amide bonds. The van der Waals surface area contributed by atoms with E-state index in [0.29, 0.717) is 5.92 Å². The lowest BCUT2D eigenvalue weighted by molar-refractivity contribution is 0.760. The normalized spacial score (nSPS) is 25.1. The SMILES string of the molecule is CCC1C=CNN=C1C. The summed E-state index contributed by atoms with van der Waals surface area (Å²) in [6.45, 7) is 4.21. The molecule has 1 atom stereocenters. The first-order valence-electron chi connectivity index (χ1n) is 3.31. The van der Waals surface area contributed by atoms with E-state index in [9.17, 15) is 0 Å². The summed E-state index contributed by atoms with van der Waals surface area (Å²) in [4.78, 5) is 0. The van der Waals surface area contributed by atoms with Crippen LogP contribution < -0.4 is 5.43 Å². The number of hydrazone groups is 1. The first kappa shape index (κ1) is 6.33. The molecule has 1 aliphatic rings. The molecule has 2 nitrogen and oxygen atoms in total. The molecule has 1 heterocycles. The summed E-state index contributed by atoms with van der Waals surface area (Å²) >= 11 is 0. The molecule has 0 aromatic heterocycles. The van der Waals surface area contributed by atoms with Gasteiger partial charge in [-0.3, -0.25) is 5.43 Å². The number of hydrogen-bond donors (Lipinski definition) is 1. The third-order valence-electron chi connectivity index (χ3n) is 1.62. The molecule has 0 spiro atoms. The summed E-state index contributed by atoms with van der Waals surface area (Å²) in [5, 5.41) is 4.06. The van der Waals surface area contributed by atoms with Crippen LogP contribution in [0.3, 0.4) is 0 Å². The minimum Gasteiger partial charge on any atom is -0.286 e. The zero-order valence-electron chi connectivity index (χ0n) is 5.89. The van der Waals surface area contributed by atoms with Crippen molar-refractivity contribution in [3.63, 3.8) is 0 Å². The average molecular weight is 124 g/mol. The van der Waals surface area contributed by atoms with Crippen molar-refractivity contribution < 1.29 is 0 Å². The van der Waals surface area contributed by atoms with Gasteiger partial charge in [0.05, 0.1) is 0 Å². The topological polar surface area (TPSA) is 24.4 Å². The van der Waals surface area contributed by atoms with Crippen LogP contribution in [0.2, 0.25) is 0 Å². The van der Waals surface area contributed by atoms with Crippen molar-refractivity contribution in [1.29, 1.82) is 0 Å². The predicted molar refractivity (Wildman–Crippen MR) is 39.2 cm³/mol. The van der Waals surface area contributed by atoms with Crippen LogP contribution in [0.5, 0.6) is 0 Å². The summed E-state index contributed by atoms with van der Waals surface area (Å²) in [5.41, 5.74) is 3.99. The molecular weight excluding hydrogens is 112 g/mol. The van der Waals surface area contributed by atoms with Crippen molar-refractivity contribution in [3.05, 3.63) is 12.3 Å². The van der Waals surface area contributed by atoms with Gasteiger partial charge in [0.1, 0.15) is 0 Å². The third kappa shape index (κ3) is 1.31. The van der Waals surface area contributed by atoms with Gasteiger partial charge in [0, 0.05) is 17.8 Å². The van der Waals surface area contributed by atoms with Crippen LogP contribution in [-0.2, 0) is 0 Å². The molecule has 0 aromatic carbocycles. The Morgan fingerprint density at radius 1 is 1.78 bits per heavy atom. The molecule has 0 saturated heterocycles. The first-order valence-corrected chi connectivity index (χ1v) is 3.31. The Hall–Kier alpha value is -0.790. The third-order valence-corrected chi connectivity index (χ3v) is 1.62. The molecule has 0 radical (unpaired) electrons. The van der Waals surface area contributed by atoms with Crippen molar-refractivity contribution in [1.82, 2.24) is 5.43 Å². The summed E-state index contributed by atoms with van der Waals surface area (Å²) in [5.74, 6) is 0.561. The minimum absolute atomic E-state index is 0.561. The number of nitrogens with one attached hydrogen (secondary N) is 1. The number of hydrogen-bond acceptors (Lipinski definition) is 2. The molecule has 1 rings (SSSR count). The van der Waals surface area contributed by atoms with Crippen LogP contribution in [0.4, 0.5) is 0 Å². The maximum absolute atomic E-state index is 4.06. The van der Waals surface area contributed by atoms with Gasteiger partial charge in [-0.05, 0) is 13.3 Å². The van der Waals surface area contributed by atoms with E-state index in [1.165, 1.54) is 5.71 Å². The highest BCUT2D eigenvalue weighted by molar-refractivity contribution is 5.86. The Balaban J connectivity index is 2.59. The standard InChI is InChI=1S/C7H12N2/c1-3-7-4-5-8-9-6(7)2/h4-5,7-8H,3H2,1-2H3. The lowest BCUT2D eigenvalue weighted by Gasteiger charge is -2.12. The number of nitrogens with zero attached hydrogens (tertiary/aromatic N) is 1. The van der Waals surface area contributed by atoms with E-state index < -0.39 is 0 Å². The van der Waals surface area contributed by atoms with Crippen LogP contribution in [0.1, 0.15) is 20.3 Å². The highest BCUT2D eigenvalue weighted by atomic mass is 15.3. The maximum atomic E-state index is 4.06. The smallest absolute Gasteiger partial charge is 0.0420 e. The van der Waals surface area contributed by atoms with Gasteiger partial charge in [0.2, 0.25) is 0 Å². The van der Waals surface area contributed by atoms with E-state index in [1.54, 1.807) is 0 Å². The van der Waals surface area contributed by atoms with Gasteiger partial charge in [0.15, 0.2) is 0 Å². The van der Waals surface area contributed by atoms with Gasteiger partial charge >= 0.3 is 0 Å². The molecular formula is C7H12N2. The van der Waals surface area contributed by atoms with Crippen molar-refractivity contribution in [2.45, 2.75) is 20.3 Å². The van der Waals surface area contributed by atoms with Crippen molar-refractivity contribution >= 4 is 5.71 Å². The van der Waals surface area contributed by atoms with E-state index in [-0.39, 0.29) is 0 Å². The van der Waals surface area contributed by atoms with Gasteiger partial charge in [0.25, 0.3) is 0 Å². The van der Waals surface area contributed by atoms with E-state index >= 15 is 0 Å². The lowest BCUT2D eigenvalue weighted by Crippen LogP contribution is -2.15. The molecule has 0 aromatic rings. The fourth-order valence-electron chi connectivity index (χ4n) is 0.952. The van der Waals surface area contributed by atoms with E-state index in [2.05, 4.69) is 23.5 Å². The van der Waals surface area contributed by atoms with Gasteiger partial charge in [-0.1, -0.05) is 13.0 Å². The Bertz CT molecular complexity index is 147. The fourth-order valence-corrected chi connectivity index (χ4v) is 0.952. The molecule has 0 aliphatic carbocycles. The summed E-state index contributed by atoms with van der Waals surface area (Å²) in [7, 11) is 0. The van der Waals surface area contributed by atoms with Crippen LogP contribution >= 0.6 is 0 Å². The van der Waals surface area contributed by atoms with Crippen LogP contribution in [-0.4, -0.2) is 5.71 Å². The molecule has 1 N–H and O–H groups in total. The zero-order valence-corrected chi connectivity index (χ0v) is 5.89. The Labute approximate surface area is 55.6 Å². The number of rotatable bonds is 1.